The average Bonchev–Trinajstić information content (AvgIpc) is 1.88. The normalized spacial score (nSPS) is 8.36. The van der Waals surface area contributed by atoms with E-state index in [1.807, 2.05) is 19.9 Å². The molecule has 0 aromatic carbocycles. The molecule has 0 aliphatic rings. The van der Waals surface area contributed by atoms with Crippen molar-refractivity contribution in [3.63, 3.8) is 0 Å². The fraction of sp³-hybridized carbons (Fsp3) is 0.556. The molecular formula is C9H16N2. The van der Waals surface area contributed by atoms with Crippen LogP contribution in [0.3, 0.4) is 0 Å². The van der Waals surface area contributed by atoms with Gasteiger partial charge < -0.3 is 0 Å². The number of rotatable bonds is 0. The predicted molar refractivity (Wildman–Crippen MR) is 47.5 cm³/mol. The summed E-state index contributed by atoms with van der Waals surface area (Å²) in [6.45, 7) is 8.08. The van der Waals surface area contributed by atoms with Gasteiger partial charge in [-0.3, -0.25) is 0 Å². The third kappa shape index (κ3) is 5.52. The largest absolute Gasteiger partial charge is 0.242 e. The molecule has 0 saturated carbocycles. The Kier molecular flexibility index (Phi) is 5.35. The molecule has 11 heavy (non-hydrogen) atoms. The molecule has 0 unspecified atom stereocenters. The van der Waals surface area contributed by atoms with Gasteiger partial charge in [0.15, 0.2) is 0 Å². The minimum Gasteiger partial charge on any atom is -0.242 e. The molecule has 1 aromatic heterocycles. The van der Waals surface area contributed by atoms with Crippen LogP contribution < -0.4 is 0 Å². The molecule has 0 bridgehead atoms. The van der Waals surface area contributed by atoms with Crippen molar-refractivity contribution >= 4 is 0 Å². The lowest BCUT2D eigenvalue weighted by atomic mass is 10.4. The number of hydrogen-bond donors (Lipinski definition) is 0. The summed E-state index contributed by atoms with van der Waals surface area (Å²) in [7, 11) is 0. The highest BCUT2D eigenvalue weighted by atomic mass is 14.9. The zero-order chi connectivity index (χ0) is 8.69. The minimum absolute atomic E-state index is 0.838. The Hall–Kier alpha value is -0.920. The van der Waals surface area contributed by atoms with Crippen LogP contribution in [0.4, 0.5) is 0 Å². The minimum atomic E-state index is 0.838. The highest BCUT2D eigenvalue weighted by Gasteiger charge is 1.83. The Morgan fingerprint density at radius 1 is 1.27 bits per heavy atom. The van der Waals surface area contributed by atoms with Crippen molar-refractivity contribution in [2.75, 3.05) is 0 Å². The fourth-order valence-electron chi connectivity index (χ4n) is 0.574. The summed E-state index contributed by atoms with van der Waals surface area (Å²) >= 11 is 0. The van der Waals surface area contributed by atoms with Gasteiger partial charge in [-0.15, -0.1) is 0 Å². The average molecular weight is 152 g/mol. The number of nitrogens with zero attached hydrogens (tertiary/aromatic N) is 2. The summed E-state index contributed by atoms with van der Waals surface area (Å²) in [6.07, 6.45) is 3.01. The lowest BCUT2D eigenvalue weighted by Crippen LogP contribution is -1.86. The molecule has 1 aromatic rings. The van der Waals surface area contributed by atoms with E-state index in [0.29, 0.717) is 0 Å². The Morgan fingerprint density at radius 3 is 2.09 bits per heavy atom. The number of aromatic nitrogens is 2. The zero-order valence-corrected chi connectivity index (χ0v) is 7.76. The molecule has 2 nitrogen and oxygen atoms in total. The van der Waals surface area contributed by atoms with E-state index < -0.39 is 0 Å². The topological polar surface area (TPSA) is 25.8 Å². The summed E-state index contributed by atoms with van der Waals surface area (Å²) in [5.74, 6) is 0.838. The Morgan fingerprint density at radius 2 is 1.82 bits per heavy atom. The van der Waals surface area contributed by atoms with Crippen LogP contribution in [-0.4, -0.2) is 9.97 Å². The molecule has 1 rings (SSSR count). The van der Waals surface area contributed by atoms with Gasteiger partial charge in [0.05, 0.1) is 0 Å². The summed E-state index contributed by atoms with van der Waals surface area (Å²) in [6, 6.07) is 1.88. The molecule has 2 heteroatoms. The van der Waals surface area contributed by atoms with E-state index in [4.69, 9.17) is 0 Å². The molecule has 62 valence electrons. The maximum Gasteiger partial charge on any atom is 0.125 e. The van der Waals surface area contributed by atoms with Gasteiger partial charge in [0, 0.05) is 11.9 Å². The highest BCUT2D eigenvalue weighted by Crippen LogP contribution is 1.88. The van der Waals surface area contributed by atoms with Crippen LogP contribution in [0.1, 0.15) is 31.8 Å². The van der Waals surface area contributed by atoms with E-state index in [0.717, 1.165) is 11.5 Å². The Balaban J connectivity index is 0.000000292. The first-order valence-electron chi connectivity index (χ1n) is 3.97. The smallest absolute Gasteiger partial charge is 0.125 e. The van der Waals surface area contributed by atoms with Gasteiger partial charge >= 0.3 is 0 Å². The molecule has 0 spiro atoms. The van der Waals surface area contributed by atoms with E-state index in [9.17, 15) is 0 Å². The first-order chi connectivity index (χ1) is 5.20. The molecule has 0 fully saturated rings. The first-order valence-corrected chi connectivity index (χ1v) is 3.97. The molecule has 1 heterocycles. The molecule has 0 radical (unpaired) electrons. The first kappa shape index (κ1) is 10.1. The highest BCUT2D eigenvalue weighted by molar-refractivity contribution is 4.97. The van der Waals surface area contributed by atoms with E-state index in [-0.39, 0.29) is 0 Å². The van der Waals surface area contributed by atoms with Gasteiger partial charge in [0.25, 0.3) is 0 Å². The van der Waals surface area contributed by atoms with Crippen LogP contribution in [0.5, 0.6) is 0 Å². The monoisotopic (exact) mass is 152 g/mol. The summed E-state index contributed by atoms with van der Waals surface area (Å²) in [5.41, 5.74) is 1.03. The lowest BCUT2D eigenvalue weighted by Gasteiger charge is -1.89. The van der Waals surface area contributed by atoms with Gasteiger partial charge in [-0.1, -0.05) is 20.3 Å². The van der Waals surface area contributed by atoms with Gasteiger partial charge in [-0.25, -0.2) is 9.97 Å². The maximum absolute atomic E-state index is 4.06. The van der Waals surface area contributed by atoms with Crippen LogP contribution in [0, 0.1) is 13.8 Å². The van der Waals surface area contributed by atoms with Crippen molar-refractivity contribution in [3.8, 4) is 0 Å². The van der Waals surface area contributed by atoms with Crippen molar-refractivity contribution in [3.05, 3.63) is 23.8 Å². The number of hydrogen-bond acceptors (Lipinski definition) is 2. The molecule has 0 aliphatic carbocycles. The third-order valence-electron chi connectivity index (χ3n) is 0.915. The van der Waals surface area contributed by atoms with Crippen molar-refractivity contribution in [2.45, 2.75) is 34.1 Å². The fourth-order valence-corrected chi connectivity index (χ4v) is 0.574. The van der Waals surface area contributed by atoms with Gasteiger partial charge in [-0.05, 0) is 19.9 Å². The Labute approximate surface area is 68.7 Å². The summed E-state index contributed by atoms with van der Waals surface area (Å²) in [5, 5.41) is 0. The second-order valence-electron chi connectivity index (χ2n) is 2.45. The van der Waals surface area contributed by atoms with Crippen LogP contribution in [0.2, 0.25) is 0 Å². The number of aryl methyl sites for hydroxylation is 2. The van der Waals surface area contributed by atoms with E-state index in [1.165, 1.54) is 6.42 Å². The summed E-state index contributed by atoms with van der Waals surface area (Å²) in [4.78, 5) is 7.99. The summed E-state index contributed by atoms with van der Waals surface area (Å²) < 4.78 is 0. The van der Waals surface area contributed by atoms with Gasteiger partial charge in [0.1, 0.15) is 5.82 Å². The lowest BCUT2D eigenvalue weighted by molar-refractivity contribution is 1.01. The molecule has 0 amide bonds. The Bertz CT molecular complexity index is 179. The van der Waals surface area contributed by atoms with E-state index >= 15 is 0 Å². The van der Waals surface area contributed by atoms with Crippen molar-refractivity contribution < 1.29 is 0 Å². The third-order valence-corrected chi connectivity index (χ3v) is 0.915. The predicted octanol–water partition coefficient (Wildman–Crippen LogP) is 2.51. The van der Waals surface area contributed by atoms with E-state index in [2.05, 4.69) is 23.8 Å². The van der Waals surface area contributed by atoms with Gasteiger partial charge in [0.2, 0.25) is 0 Å². The van der Waals surface area contributed by atoms with Crippen LogP contribution >= 0.6 is 0 Å². The standard InChI is InChI=1S/C6H8N2.C3H8/c1-5-3-4-7-6(2)8-5;1-3-2/h3-4H,1-2H3;3H2,1-2H3. The SMILES string of the molecule is CCC.Cc1ccnc(C)n1. The second kappa shape index (κ2) is 5.83. The molecule has 0 atom stereocenters. The molecular weight excluding hydrogens is 136 g/mol. The van der Waals surface area contributed by atoms with Crippen LogP contribution in [0.15, 0.2) is 12.3 Å². The second-order valence-corrected chi connectivity index (χ2v) is 2.45. The van der Waals surface area contributed by atoms with Crippen LogP contribution in [-0.2, 0) is 0 Å². The van der Waals surface area contributed by atoms with Gasteiger partial charge in [-0.2, -0.15) is 0 Å². The van der Waals surface area contributed by atoms with Crippen molar-refractivity contribution in [2.24, 2.45) is 0 Å². The zero-order valence-electron chi connectivity index (χ0n) is 7.76. The van der Waals surface area contributed by atoms with Crippen molar-refractivity contribution in [1.29, 1.82) is 0 Å². The molecule has 0 saturated heterocycles. The molecule has 0 aliphatic heterocycles. The molecule has 0 N–H and O–H groups in total. The van der Waals surface area contributed by atoms with E-state index in [1.54, 1.807) is 6.20 Å². The maximum atomic E-state index is 4.06. The van der Waals surface area contributed by atoms with Crippen molar-refractivity contribution in [1.82, 2.24) is 9.97 Å². The van der Waals surface area contributed by atoms with Crippen LogP contribution in [0.25, 0.3) is 0 Å². The quantitative estimate of drug-likeness (QED) is 0.571.